The van der Waals surface area contributed by atoms with Gasteiger partial charge in [-0.1, -0.05) is 164 Å². The second-order valence-corrected chi connectivity index (χ2v) is 17.7. The summed E-state index contributed by atoms with van der Waals surface area (Å²) < 4.78 is 11.5. The molecule has 5 heteroatoms. The number of fused-ring (bicyclic) bond motifs is 14. The van der Waals surface area contributed by atoms with Crippen LogP contribution in [0.2, 0.25) is 0 Å². The maximum absolute atomic E-state index is 6.53. The van der Waals surface area contributed by atoms with Crippen LogP contribution < -0.4 is 0 Å². The molecule has 0 N–H and O–H groups in total. The summed E-state index contributed by atoms with van der Waals surface area (Å²) in [5.41, 5.74) is 12.2. The van der Waals surface area contributed by atoms with E-state index in [1.807, 2.05) is 18.2 Å². The van der Waals surface area contributed by atoms with Crippen molar-refractivity contribution in [1.82, 2.24) is 19.1 Å². The van der Waals surface area contributed by atoms with Crippen molar-refractivity contribution < 1.29 is 4.42 Å². The van der Waals surface area contributed by atoms with Crippen LogP contribution in [0, 0.1) is 0 Å². The Morgan fingerprint density at radius 3 is 1.88 bits per heavy atom. The molecule has 310 valence electrons. The lowest BCUT2D eigenvalue weighted by Crippen LogP contribution is -2.00. The molecule has 67 heavy (non-hydrogen) atoms. The number of furan rings is 1. The predicted octanol–water partition coefficient (Wildman–Crippen LogP) is 16.5. The fraction of sp³-hybridized carbons (Fsp3) is 0. The van der Waals surface area contributed by atoms with Gasteiger partial charge < -0.3 is 13.6 Å². The Morgan fingerprint density at radius 2 is 1.00 bits per heavy atom. The van der Waals surface area contributed by atoms with Gasteiger partial charge in [-0.2, -0.15) is 0 Å². The van der Waals surface area contributed by atoms with Gasteiger partial charge in [0.25, 0.3) is 0 Å². The molecule has 0 aliphatic carbocycles. The molecular weight excluding hydrogens is 817 g/mol. The summed E-state index contributed by atoms with van der Waals surface area (Å²) >= 11 is 0. The Labute approximate surface area is 383 Å². The van der Waals surface area contributed by atoms with E-state index in [0.717, 1.165) is 82.8 Å². The van der Waals surface area contributed by atoms with Gasteiger partial charge in [-0.05, 0) is 76.1 Å². The first-order chi connectivity index (χ1) is 33.2. The molecule has 0 radical (unpaired) electrons. The molecule has 15 rings (SSSR count). The van der Waals surface area contributed by atoms with E-state index in [1.54, 1.807) is 0 Å². The van der Waals surface area contributed by atoms with Gasteiger partial charge in [-0.3, -0.25) is 0 Å². The molecule has 0 saturated carbocycles. The third-order valence-corrected chi connectivity index (χ3v) is 14.1. The molecule has 4 heterocycles. The van der Waals surface area contributed by atoms with Gasteiger partial charge in [0.2, 0.25) is 0 Å². The molecular formula is C62H36N4O. The Bertz CT molecular complexity index is 4590. The minimum absolute atomic E-state index is 0.631. The van der Waals surface area contributed by atoms with Crippen molar-refractivity contribution >= 4 is 109 Å². The van der Waals surface area contributed by atoms with Crippen molar-refractivity contribution in [2.75, 3.05) is 0 Å². The molecule has 0 aliphatic rings. The zero-order valence-electron chi connectivity index (χ0n) is 36.0. The van der Waals surface area contributed by atoms with Crippen molar-refractivity contribution in [3.63, 3.8) is 0 Å². The number of benzene rings is 11. The monoisotopic (exact) mass is 852 g/mol. The molecule has 0 atom stereocenters. The molecule has 0 unspecified atom stereocenters. The number of nitrogens with zero attached hydrogens (tertiary/aromatic N) is 4. The van der Waals surface area contributed by atoms with Crippen molar-refractivity contribution in [2.24, 2.45) is 0 Å². The largest absolute Gasteiger partial charge is 0.455 e. The fourth-order valence-electron chi connectivity index (χ4n) is 11.1. The van der Waals surface area contributed by atoms with Crippen LogP contribution in [-0.2, 0) is 0 Å². The molecule has 15 aromatic rings. The molecule has 0 amide bonds. The summed E-state index contributed by atoms with van der Waals surface area (Å²) in [6.07, 6.45) is 0. The maximum Gasteiger partial charge on any atom is 0.164 e. The van der Waals surface area contributed by atoms with E-state index in [2.05, 4.69) is 209 Å². The molecule has 0 spiro atoms. The smallest absolute Gasteiger partial charge is 0.164 e. The van der Waals surface area contributed by atoms with Crippen LogP contribution in [-0.4, -0.2) is 19.1 Å². The number of hydrogen-bond donors (Lipinski definition) is 0. The third kappa shape index (κ3) is 5.19. The molecule has 0 aliphatic heterocycles. The quantitative estimate of drug-likeness (QED) is 0.177. The van der Waals surface area contributed by atoms with Crippen molar-refractivity contribution in [1.29, 1.82) is 0 Å². The van der Waals surface area contributed by atoms with E-state index in [9.17, 15) is 0 Å². The van der Waals surface area contributed by atoms with Crippen LogP contribution >= 0.6 is 0 Å². The first-order valence-electron chi connectivity index (χ1n) is 22.8. The normalized spacial score (nSPS) is 12.2. The number of rotatable bonds is 4. The Hall–Kier alpha value is -9.06. The van der Waals surface area contributed by atoms with Gasteiger partial charge >= 0.3 is 0 Å². The average Bonchev–Trinajstić information content (AvgIpc) is 4.05. The molecule has 0 bridgehead atoms. The van der Waals surface area contributed by atoms with E-state index in [0.29, 0.717) is 5.82 Å². The van der Waals surface area contributed by atoms with Crippen LogP contribution in [0.25, 0.3) is 143 Å². The van der Waals surface area contributed by atoms with Gasteiger partial charge in [0.1, 0.15) is 11.2 Å². The first-order valence-corrected chi connectivity index (χ1v) is 22.8. The van der Waals surface area contributed by atoms with Crippen LogP contribution in [0.4, 0.5) is 0 Å². The molecule has 0 fully saturated rings. The molecule has 4 aromatic heterocycles. The Kier molecular flexibility index (Phi) is 7.44. The average molecular weight is 853 g/mol. The molecule has 11 aromatic carbocycles. The highest BCUT2D eigenvalue weighted by atomic mass is 16.3. The number of aromatic nitrogens is 4. The van der Waals surface area contributed by atoms with E-state index in [1.165, 1.54) is 54.1 Å². The van der Waals surface area contributed by atoms with E-state index in [4.69, 9.17) is 14.4 Å². The topological polar surface area (TPSA) is 48.8 Å². The predicted molar refractivity (Wildman–Crippen MR) is 279 cm³/mol. The summed E-state index contributed by atoms with van der Waals surface area (Å²) in [6, 6.07) is 78.7. The summed E-state index contributed by atoms with van der Waals surface area (Å²) in [5.74, 6) is 0.631. The Morgan fingerprint density at radius 1 is 0.343 bits per heavy atom. The highest BCUT2D eigenvalue weighted by molar-refractivity contribution is 6.20. The molecule has 5 nitrogen and oxygen atoms in total. The highest BCUT2D eigenvalue weighted by Gasteiger charge is 2.22. The third-order valence-electron chi connectivity index (χ3n) is 14.1. The van der Waals surface area contributed by atoms with Crippen molar-refractivity contribution in [3.8, 4) is 34.0 Å². The van der Waals surface area contributed by atoms with E-state index >= 15 is 0 Å². The SMILES string of the molecule is c1ccc2cc3c(cc2c1)c1ccc(-n2c4ccccc4c4ccc5ccccc5c42)cc1n3-c1ccc(-c2nc(-c3cccc4c3oc3ccccc34)nc3ccccc23)c2ccccc12. The standard InChI is InChI=1S/C62H36N4O/c1-2-16-39-35-56-52(34-38(39)15-1)45-31-29-40(65-54-26-11-8-20-44(54)48-30-28-37-14-3-4-17-41(37)60(48)65)36-57(45)66(56)55-33-32-47(42-18-5-6-19-43(42)55)59-50-22-7-10-25-53(50)63-62(64-59)51-24-13-23-49-46-21-9-12-27-58(46)67-61(49)51/h1-36H. The minimum Gasteiger partial charge on any atom is -0.455 e. The highest BCUT2D eigenvalue weighted by Crippen LogP contribution is 2.44. The van der Waals surface area contributed by atoms with Crippen LogP contribution in [0.3, 0.4) is 0 Å². The number of hydrogen-bond acceptors (Lipinski definition) is 3. The van der Waals surface area contributed by atoms with Crippen LogP contribution in [0.5, 0.6) is 0 Å². The summed E-state index contributed by atoms with van der Waals surface area (Å²) in [7, 11) is 0. The van der Waals surface area contributed by atoms with E-state index in [-0.39, 0.29) is 0 Å². The number of para-hydroxylation sites is 4. The second kappa shape index (κ2) is 13.7. The molecule has 0 saturated heterocycles. The van der Waals surface area contributed by atoms with Crippen molar-refractivity contribution in [2.45, 2.75) is 0 Å². The van der Waals surface area contributed by atoms with Gasteiger partial charge in [-0.25, -0.2) is 9.97 Å². The summed E-state index contributed by atoms with van der Waals surface area (Å²) in [6.45, 7) is 0. The van der Waals surface area contributed by atoms with Crippen LogP contribution in [0.1, 0.15) is 0 Å². The van der Waals surface area contributed by atoms with Crippen LogP contribution in [0.15, 0.2) is 223 Å². The van der Waals surface area contributed by atoms with E-state index < -0.39 is 0 Å². The van der Waals surface area contributed by atoms with Gasteiger partial charge in [0.15, 0.2) is 5.82 Å². The second-order valence-electron chi connectivity index (χ2n) is 17.7. The lowest BCUT2D eigenvalue weighted by Gasteiger charge is -2.17. The fourth-order valence-corrected chi connectivity index (χ4v) is 11.1. The lowest BCUT2D eigenvalue weighted by molar-refractivity contribution is 0.669. The zero-order valence-corrected chi connectivity index (χ0v) is 36.0. The first kappa shape index (κ1) is 36.3. The maximum atomic E-state index is 6.53. The lowest BCUT2D eigenvalue weighted by atomic mass is 9.97. The Balaban J connectivity index is 1.00. The van der Waals surface area contributed by atoms with Gasteiger partial charge in [-0.15, -0.1) is 0 Å². The zero-order chi connectivity index (χ0) is 43.7. The van der Waals surface area contributed by atoms with Gasteiger partial charge in [0.05, 0.1) is 44.5 Å². The van der Waals surface area contributed by atoms with Crippen molar-refractivity contribution in [3.05, 3.63) is 218 Å². The minimum atomic E-state index is 0.631. The summed E-state index contributed by atoms with van der Waals surface area (Å²) in [4.78, 5) is 10.7. The summed E-state index contributed by atoms with van der Waals surface area (Å²) in [5, 5.41) is 15.2. The van der Waals surface area contributed by atoms with Gasteiger partial charge in [0, 0.05) is 59.7 Å².